The van der Waals surface area contributed by atoms with Crippen LogP contribution >= 0.6 is 0 Å². The van der Waals surface area contributed by atoms with Crippen molar-refractivity contribution in [3.8, 4) is 0 Å². The van der Waals surface area contributed by atoms with Gasteiger partial charge in [0.25, 0.3) is 0 Å². The second-order valence-corrected chi connectivity index (χ2v) is 3.65. The number of hydrogen-bond donors (Lipinski definition) is 3. The molecule has 3 nitrogen and oxygen atoms in total. The van der Waals surface area contributed by atoms with Crippen LogP contribution in [0.5, 0.6) is 0 Å². The Morgan fingerprint density at radius 2 is 2.14 bits per heavy atom. The number of benzene rings is 1. The van der Waals surface area contributed by atoms with Crippen LogP contribution in [0.25, 0.3) is 0 Å². The van der Waals surface area contributed by atoms with Crippen LogP contribution < -0.4 is 11.1 Å². The second-order valence-electron chi connectivity index (χ2n) is 3.65. The number of nitrogen functional groups attached to an aromatic ring is 1. The lowest BCUT2D eigenvalue weighted by atomic mass is 10.0. The van der Waals surface area contributed by atoms with E-state index in [4.69, 9.17) is 10.8 Å². The standard InChI is InChI=1S/C11H18N2O/c1-8(2)10-7-9(13-5-6-14)3-4-11(10)12/h3-4,7-8,13-14H,5-6,12H2,1-2H3. The predicted octanol–water partition coefficient (Wildman–Crippen LogP) is 1.80. The number of rotatable bonds is 4. The Balaban J connectivity index is 2.83. The first-order valence-corrected chi connectivity index (χ1v) is 4.89. The minimum atomic E-state index is 0.140. The number of anilines is 2. The fraction of sp³-hybridized carbons (Fsp3) is 0.455. The largest absolute Gasteiger partial charge is 0.398 e. The van der Waals surface area contributed by atoms with E-state index in [1.165, 1.54) is 0 Å². The molecule has 0 saturated carbocycles. The number of aliphatic hydroxyl groups excluding tert-OH is 1. The van der Waals surface area contributed by atoms with Gasteiger partial charge in [-0.3, -0.25) is 0 Å². The van der Waals surface area contributed by atoms with Crippen LogP contribution in [0.3, 0.4) is 0 Å². The van der Waals surface area contributed by atoms with Crippen LogP contribution in [-0.2, 0) is 0 Å². The third-order valence-electron chi connectivity index (χ3n) is 2.15. The van der Waals surface area contributed by atoms with Gasteiger partial charge in [-0.05, 0) is 29.7 Å². The molecular weight excluding hydrogens is 176 g/mol. The lowest BCUT2D eigenvalue weighted by molar-refractivity contribution is 0.311. The van der Waals surface area contributed by atoms with E-state index in [2.05, 4.69) is 19.2 Å². The first-order valence-electron chi connectivity index (χ1n) is 4.89. The smallest absolute Gasteiger partial charge is 0.0604 e. The van der Waals surface area contributed by atoms with Gasteiger partial charge in [-0.25, -0.2) is 0 Å². The highest BCUT2D eigenvalue weighted by molar-refractivity contribution is 5.58. The molecule has 0 heterocycles. The summed E-state index contributed by atoms with van der Waals surface area (Å²) in [5.41, 5.74) is 8.83. The molecule has 0 fully saturated rings. The van der Waals surface area contributed by atoms with Crippen molar-refractivity contribution in [3.63, 3.8) is 0 Å². The van der Waals surface area contributed by atoms with Crippen molar-refractivity contribution in [2.24, 2.45) is 0 Å². The Morgan fingerprint density at radius 3 is 2.71 bits per heavy atom. The van der Waals surface area contributed by atoms with Gasteiger partial charge in [0.1, 0.15) is 0 Å². The van der Waals surface area contributed by atoms with E-state index < -0.39 is 0 Å². The highest BCUT2D eigenvalue weighted by atomic mass is 16.3. The zero-order chi connectivity index (χ0) is 10.6. The van der Waals surface area contributed by atoms with Crippen molar-refractivity contribution in [2.75, 3.05) is 24.2 Å². The maximum atomic E-state index is 8.67. The van der Waals surface area contributed by atoms with Crippen LogP contribution in [0.1, 0.15) is 25.3 Å². The maximum Gasteiger partial charge on any atom is 0.0604 e. The Labute approximate surface area is 84.9 Å². The Hall–Kier alpha value is -1.22. The number of nitrogens with one attached hydrogen (secondary N) is 1. The van der Waals surface area contributed by atoms with E-state index >= 15 is 0 Å². The highest BCUT2D eigenvalue weighted by Crippen LogP contribution is 2.24. The summed E-state index contributed by atoms with van der Waals surface area (Å²) in [6.07, 6.45) is 0. The summed E-state index contributed by atoms with van der Waals surface area (Å²) in [5, 5.41) is 11.8. The molecule has 0 amide bonds. The summed E-state index contributed by atoms with van der Waals surface area (Å²) in [6, 6.07) is 5.86. The predicted molar refractivity (Wildman–Crippen MR) is 60.5 cm³/mol. The summed E-state index contributed by atoms with van der Waals surface area (Å²) in [4.78, 5) is 0. The zero-order valence-electron chi connectivity index (χ0n) is 8.75. The van der Waals surface area contributed by atoms with Gasteiger partial charge in [0, 0.05) is 17.9 Å². The Kier molecular flexibility index (Phi) is 3.77. The van der Waals surface area contributed by atoms with Crippen molar-refractivity contribution < 1.29 is 5.11 Å². The summed E-state index contributed by atoms with van der Waals surface area (Å²) >= 11 is 0. The molecule has 4 N–H and O–H groups in total. The average Bonchev–Trinajstić information content (AvgIpc) is 2.16. The minimum Gasteiger partial charge on any atom is -0.398 e. The van der Waals surface area contributed by atoms with Crippen molar-refractivity contribution in [1.29, 1.82) is 0 Å². The van der Waals surface area contributed by atoms with E-state index in [-0.39, 0.29) is 6.61 Å². The molecule has 0 spiro atoms. The van der Waals surface area contributed by atoms with Gasteiger partial charge < -0.3 is 16.2 Å². The molecule has 0 aliphatic rings. The molecule has 1 aromatic carbocycles. The fourth-order valence-corrected chi connectivity index (χ4v) is 1.38. The fourth-order valence-electron chi connectivity index (χ4n) is 1.38. The molecule has 1 rings (SSSR count). The van der Waals surface area contributed by atoms with E-state index in [1.807, 2.05) is 18.2 Å². The molecule has 1 aromatic rings. The van der Waals surface area contributed by atoms with E-state index in [0.29, 0.717) is 12.5 Å². The molecule has 0 aromatic heterocycles. The van der Waals surface area contributed by atoms with E-state index in [0.717, 1.165) is 16.9 Å². The highest BCUT2D eigenvalue weighted by Gasteiger charge is 2.04. The third-order valence-corrected chi connectivity index (χ3v) is 2.15. The van der Waals surface area contributed by atoms with Gasteiger partial charge >= 0.3 is 0 Å². The SMILES string of the molecule is CC(C)c1cc(NCCO)ccc1N. The van der Waals surface area contributed by atoms with Gasteiger partial charge in [0.05, 0.1) is 6.61 Å². The summed E-state index contributed by atoms with van der Waals surface area (Å²) in [6.45, 7) is 4.94. The first-order chi connectivity index (χ1) is 6.65. The van der Waals surface area contributed by atoms with Crippen LogP contribution in [0.2, 0.25) is 0 Å². The summed E-state index contributed by atoms with van der Waals surface area (Å²) in [5.74, 6) is 0.422. The molecular formula is C11H18N2O. The number of aliphatic hydroxyl groups is 1. The summed E-state index contributed by atoms with van der Waals surface area (Å²) < 4.78 is 0. The van der Waals surface area contributed by atoms with Gasteiger partial charge in [-0.2, -0.15) is 0 Å². The third kappa shape index (κ3) is 2.64. The van der Waals surface area contributed by atoms with Crippen molar-refractivity contribution in [2.45, 2.75) is 19.8 Å². The molecule has 3 heteroatoms. The Morgan fingerprint density at radius 1 is 1.43 bits per heavy atom. The molecule has 0 radical (unpaired) electrons. The minimum absolute atomic E-state index is 0.140. The maximum absolute atomic E-state index is 8.67. The first kappa shape index (κ1) is 10.9. The second kappa shape index (κ2) is 4.86. The molecule has 0 bridgehead atoms. The quantitative estimate of drug-likeness (QED) is 0.640. The Bertz CT molecular complexity index is 297. The van der Waals surface area contributed by atoms with Gasteiger partial charge in [0.2, 0.25) is 0 Å². The van der Waals surface area contributed by atoms with Crippen molar-refractivity contribution in [3.05, 3.63) is 23.8 Å². The lowest BCUT2D eigenvalue weighted by Crippen LogP contribution is -2.06. The van der Waals surface area contributed by atoms with Crippen LogP contribution in [0.4, 0.5) is 11.4 Å². The zero-order valence-corrected chi connectivity index (χ0v) is 8.75. The van der Waals surface area contributed by atoms with Crippen molar-refractivity contribution in [1.82, 2.24) is 0 Å². The van der Waals surface area contributed by atoms with Gasteiger partial charge in [0.15, 0.2) is 0 Å². The lowest BCUT2D eigenvalue weighted by Gasteiger charge is -2.12. The molecule has 0 aliphatic heterocycles. The monoisotopic (exact) mass is 194 g/mol. The molecule has 0 atom stereocenters. The van der Waals surface area contributed by atoms with Gasteiger partial charge in [-0.15, -0.1) is 0 Å². The normalized spacial score (nSPS) is 10.6. The number of hydrogen-bond acceptors (Lipinski definition) is 3. The average molecular weight is 194 g/mol. The molecule has 14 heavy (non-hydrogen) atoms. The van der Waals surface area contributed by atoms with Crippen molar-refractivity contribution >= 4 is 11.4 Å². The molecule has 0 saturated heterocycles. The van der Waals surface area contributed by atoms with Gasteiger partial charge in [-0.1, -0.05) is 13.8 Å². The van der Waals surface area contributed by atoms with Crippen LogP contribution in [0, 0.1) is 0 Å². The summed E-state index contributed by atoms with van der Waals surface area (Å²) in [7, 11) is 0. The van der Waals surface area contributed by atoms with E-state index in [9.17, 15) is 0 Å². The van der Waals surface area contributed by atoms with E-state index in [1.54, 1.807) is 0 Å². The van der Waals surface area contributed by atoms with Crippen LogP contribution in [-0.4, -0.2) is 18.3 Å². The molecule has 0 unspecified atom stereocenters. The van der Waals surface area contributed by atoms with Crippen LogP contribution in [0.15, 0.2) is 18.2 Å². The molecule has 78 valence electrons. The topological polar surface area (TPSA) is 58.3 Å². The number of nitrogens with two attached hydrogens (primary N) is 1. The molecule has 0 aliphatic carbocycles.